The molecule has 1 nitrogen and oxygen atoms in total. The van der Waals surface area contributed by atoms with Gasteiger partial charge in [0.25, 0.3) is 0 Å². The number of hydrogen-bond acceptors (Lipinski definition) is 1. The van der Waals surface area contributed by atoms with Crippen LogP contribution in [0.25, 0.3) is 0 Å². The van der Waals surface area contributed by atoms with Crippen molar-refractivity contribution in [2.45, 2.75) is 0 Å². The van der Waals surface area contributed by atoms with Gasteiger partial charge in [0.2, 0.25) is 0 Å². The first-order valence-electron chi connectivity index (χ1n) is 4.53. The molecule has 0 aromatic heterocycles. The summed E-state index contributed by atoms with van der Waals surface area (Å²) in [5.74, 6) is 0.0752. The first kappa shape index (κ1) is 12.7. The van der Waals surface area contributed by atoms with Gasteiger partial charge in [-0.25, -0.2) is 0 Å². The molecule has 0 radical (unpaired) electrons. The second kappa shape index (κ2) is 6.30. The monoisotopic (exact) mass is 322 g/mol. The van der Waals surface area contributed by atoms with Gasteiger partial charge in [0, 0.05) is 11.1 Å². The van der Waals surface area contributed by atoms with Crippen LogP contribution in [0.2, 0.25) is 0 Å². The van der Waals surface area contributed by atoms with Crippen molar-refractivity contribution in [1.29, 1.82) is 0 Å². The molecular formula is C13H12BaO. The Bertz CT molecular complexity index is 390. The van der Waals surface area contributed by atoms with Crippen molar-refractivity contribution in [3.05, 3.63) is 71.8 Å². The van der Waals surface area contributed by atoms with Crippen molar-refractivity contribution in [3.63, 3.8) is 0 Å². The van der Waals surface area contributed by atoms with Gasteiger partial charge < -0.3 is 2.85 Å². The summed E-state index contributed by atoms with van der Waals surface area (Å²) in [7, 11) is 0. The Hall–Kier alpha value is -0.319. The van der Waals surface area contributed by atoms with Gasteiger partial charge in [-0.3, -0.25) is 4.79 Å². The van der Waals surface area contributed by atoms with Gasteiger partial charge in [-0.05, 0) is 0 Å². The van der Waals surface area contributed by atoms with Gasteiger partial charge in [-0.1, -0.05) is 60.7 Å². The molecule has 2 aromatic rings. The van der Waals surface area contributed by atoms with Crippen LogP contribution in [0.15, 0.2) is 60.7 Å². The van der Waals surface area contributed by atoms with Crippen LogP contribution in [0.5, 0.6) is 0 Å². The van der Waals surface area contributed by atoms with Gasteiger partial charge in [0.15, 0.2) is 5.78 Å². The van der Waals surface area contributed by atoms with Crippen LogP contribution in [-0.4, -0.2) is 54.7 Å². The molecule has 0 atom stereocenters. The number of hydrogen-bond donors (Lipinski definition) is 0. The largest absolute Gasteiger partial charge is 2.00 e. The van der Waals surface area contributed by atoms with Gasteiger partial charge in [0.05, 0.1) is 0 Å². The van der Waals surface area contributed by atoms with Gasteiger partial charge in [-0.2, -0.15) is 0 Å². The predicted molar refractivity (Wildman–Crippen MR) is 64.3 cm³/mol. The Morgan fingerprint density at radius 1 is 0.733 bits per heavy atom. The first-order chi connectivity index (χ1) is 6.88. The van der Waals surface area contributed by atoms with Crippen LogP contribution in [0.3, 0.4) is 0 Å². The van der Waals surface area contributed by atoms with E-state index in [1.165, 1.54) is 0 Å². The summed E-state index contributed by atoms with van der Waals surface area (Å²) in [6.45, 7) is 0. The number of rotatable bonds is 2. The third kappa shape index (κ3) is 3.33. The summed E-state index contributed by atoms with van der Waals surface area (Å²) < 4.78 is 0. The summed E-state index contributed by atoms with van der Waals surface area (Å²) in [6.07, 6.45) is 0. The standard InChI is InChI=1S/C13H10O.Ba.2H/c14-13(11-7-3-1-4-8-11)12-9-5-2-6-10-12;;;/h1-10H;;;/q;+2;2*-1. The Morgan fingerprint density at radius 2 is 1.07 bits per heavy atom. The molecular weight excluding hydrogens is 309 g/mol. The van der Waals surface area contributed by atoms with Crippen LogP contribution < -0.4 is 0 Å². The molecule has 15 heavy (non-hydrogen) atoms. The van der Waals surface area contributed by atoms with Crippen LogP contribution in [-0.2, 0) is 0 Å². The molecule has 0 amide bonds. The topological polar surface area (TPSA) is 17.1 Å². The van der Waals surface area contributed by atoms with Crippen molar-refractivity contribution < 1.29 is 7.65 Å². The molecule has 0 aliphatic rings. The summed E-state index contributed by atoms with van der Waals surface area (Å²) >= 11 is 0. The average Bonchev–Trinajstić information content (AvgIpc) is 2.30. The fourth-order valence-corrected chi connectivity index (χ4v) is 1.35. The van der Waals surface area contributed by atoms with Crippen LogP contribution >= 0.6 is 0 Å². The van der Waals surface area contributed by atoms with E-state index in [4.69, 9.17) is 0 Å². The van der Waals surface area contributed by atoms with Crippen molar-refractivity contribution in [1.82, 2.24) is 0 Å². The van der Waals surface area contributed by atoms with E-state index >= 15 is 0 Å². The Labute approximate surface area is 133 Å². The summed E-state index contributed by atoms with van der Waals surface area (Å²) in [4.78, 5) is 11.8. The quantitative estimate of drug-likeness (QED) is 0.614. The molecule has 0 N–H and O–H groups in total. The van der Waals surface area contributed by atoms with E-state index in [1.54, 1.807) is 0 Å². The van der Waals surface area contributed by atoms with Crippen molar-refractivity contribution in [2.75, 3.05) is 0 Å². The van der Waals surface area contributed by atoms with Gasteiger partial charge in [0.1, 0.15) is 0 Å². The molecule has 0 aliphatic carbocycles. The molecule has 2 heteroatoms. The fraction of sp³-hybridized carbons (Fsp3) is 0. The zero-order chi connectivity index (χ0) is 9.80. The van der Waals surface area contributed by atoms with Crippen molar-refractivity contribution in [3.8, 4) is 0 Å². The average molecular weight is 322 g/mol. The second-order valence-corrected chi connectivity index (χ2v) is 3.06. The summed E-state index contributed by atoms with van der Waals surface area (Å²) in [5.41, 5.74) is 1.47. The molecule has 72 valence electrons. The van der Waals surface area contributed by atoms with Gasteiger partial charge in [-0.15, -0.1) is 0 Å². The second-order valence-electron chi connectivity index (χ2n) is 3.06. The SMILES string of the molecule is O=C(c1ccccc1)c1ccccc1.[Ba+2].[H-].[H-]. The van der Waals surface area contributed by atoms with E-state index in [0.29, 0.717) is 0 Å². The molecule has 0 bridgehead atoms. The maximum absolute atomic E-state index is 11.8. The summed E-state index contributed by atoms with van der Waals surface area (Å²) in [6, 6.07) is 18.6. The molecule has 0 aliphatic heterocycles. The van der Waals surface area contributed by atoms with E-state index in [0.717, 1.165) is 11.1 Å². The fourth-order valence-electron chi connectivity index (χ4n) is 1.35. The Kier molecular flexibility index (Phi) is 5.36. The van der Waals surface area contributed by atoms with E-state index in [1.807, 2.05) is 60.7 Å². The molecule has 0 fully saturated rings. The van der Waals surface area contributed by atoms with Gasteiger partial charge >= 0.3 is 48.9 Å². The number of benzene rings is 2. The van der Waals surface area contributed by atoms with Crippen LogP contribution in [0, 0.1) is 0 Å². The van der Waals surface area contributed by atoms with E-state index in [-0.39, 0.29) is 57.5 Å². The van der Waals surface area contributed by atoms with E-state index < -0.39 is 0 Å². The molecule has 2 rings (SSSR count). The van der Waals surface area contributed by atoms with Crippen LogP contribution in [0.4, 0.5) is 0 Å². The molecule has 0 unspecified atom stereocenters. The van der Waals surface area contributed by atoms with E-state index in [2.05, 4.69) is 0 Å². The Balaban J connectivity index is 0. The zero-order valence-corrected chi connectivity index (χ0v) is 12.8. The number of ketones is 1. The number of carbonyl (C=O) groups is 1. The van der Waals surface area contributed by atoms with Crippen molar-refractivity contribution >= 4 is 54.7 Å². The molecule has 0 spiro atoms. The minimum Gasteiger partial charge on any atom is -1.00 e. The maximum Gasteiger partial charge on any atom is 2.00 e. The smallest absolute Gasteiger partial charge is 1.00 e. The predicted octanol–water partition coefficient (Wildman–Crippen LogP) is 2.76. The molecule has 2 aromatic carbocycles. The minimum atomic E-state index is 0. The molecule has 0 saturated heterocycles. The maximum atomic E-state index is 11.8. The minimum absolute atomic E-state index is 0. The van der Waals surface area contributed by atoms with Crippen molar-refractivity contribution in [2.24, 2.45) is 0 Å². The third-order valence-electron chi connectivity index (χ3n) is 2.07. The molecule has 0 heterocycles. The first-order valence-corrected chi connectivity index (χ1v) is 4.53. The molecule has 0 saturated carbocycles. The summed E-state index contributed by atoms with van der Waals surface area (Å²) in [5, 5.41) is 0. The number of carbonyl (C=O) groups excluding carboxylic acids is 1. The zero-order valence-electron chi connectivity index (χ0n) is 10.4. The van der Waals surface area contributed by atoms with Crippen LogP contribution in [0.1, 0.15) is 18.8 Å². The Morgan fingerprint density at radius 3 is 1.40 bits per heavy atom. The normalized spacial score (nSPS) is 9.07. The third-order valence-corrected chi connectivity index (χ3v) is 2.07. The van der Waals surface area contributed by atoms with E-state index in [9.17, 15) is 4.79 Å².